The molecule has 0 saturated carbocycles. The number of amides is 1. The van der Waals surface area contributed by atoms with Crippen molar-refractivity contribution in [2.75, 3.05) is 34.3 Å². The standard InChI is InChI=1S/C12H24N2O3/c1-6-8-10(12(16)17-7-2)14(5)9-11(15)13(3)4/h10H,6-9H2,1-5H3. The van der Waals surface area contributed by atoms with Gasteiger partial charge in [0.25, 0.3) is 0 Å². The van der Waals surface area contributed by atoms with Crippen LogP contribution in [0.2, 0.25) is 0 Å². The second-order valence-corrected chi connectivity index (χ2v) is 4.26. The highest BCUT2D eigenvalue weighted by molar-refractivity contribution is 5.80. The largest absolute Gasteiger partial charge is 0.465 e. The quantitative estimate of drug-likeness (QED) is 0.620. The van der Waals surface area contributed by atoms with Crippen LogP contribution in [0.25, 0.3) is 0 Å². The van der Waals surface area contributed by atoms with E-state index in [1.807, 2.05) is 6.92 Å². The summed E-state index contributed by atoms with van der Waals surface area (Å²) in [6.45, 7) is 4.39. The molecular weight excluding hydrogens is 220 g/mol. The number of ether oxygens (including phenoxy) is 1. The monoisotopic (exact) mass is 244 g/mol. The molecule has 0 spiro atoms. The molecule has 0 aliphatic heterocycles. The lowest BCUT2D eigenvalue weighted by atomic mass is 10.1. The van der Waals surface area contributed by atoms with Crippen LogP contribution < -0.4 is 0 Å². The van der Waals surface area contributed by atoms with Gasteiger partial charge in [0.2, 0.25) is 5.91 Å². The fourth-order valence-electron chi connectivity index (χ4n) is 1.50. The SMILES string of the molecule is CCCC(C(=O)OCC)N(C)CC(=O)N(C)C. The van der Waals surface area contributed by atoms with Crippen molar-refractivity contribution in [1.29, 1.82) is 0 Å². The van der Waals surface area contributed by atoms with E-state index < -0.39 is 0 Å². The summed E-state index contributed by atoms with van der Waals surface area (Å²) in [4.78, 5) is 26.6. The zero-order valence-electron chi connectivity index (χ0n) is 11.5. The van der Waals surface area contributed by atoms with Gasteiger partial charge in [-0.3, -0.25) is 14.5 Å². The zero-order valence-corrected chi connectivity index (χ0v) is 11.5. The van der Waals surface area contributed by atoms with Gasteiger partial charge in [0.05, 0.1) is 13.2 Å². The van der Waals surface area contributed by atoms with Crippen molar-refractivity contribution in [3.05, 3.63) is 0 Å². The zero-order chi connectivity index (χ0) is 13.4. The van der Waals surface area contributed by atoms with E-state index in [1.54, 1.807) is 33.0 Å². The van der Waals surface area contributed by atoms with Crippen LogP contribution >= 0.6 is 0 Å². The molecule has 1 amide bonds. The number of carbonyl (C=O) groups is 2. The first-order chi connectivity index (χ1) is 7.93. The maximum absolute atomic E-state index is 11.7. The van der Waals surface area contributed by atoms with E-state index in [-0.39, 0.29) is 24.5 Å². The van der Waals surface area contributed by atoms with E-state index >= 15 is 0 Å². The summed E-state index contributed by atoms with van der Waals surface area (Å²) in [7, 11) is 5.18. The summed E-state index contributed by atoms with van der Waals surface area (Å²) in [6, 6.07) is -0.330. The van der Waals surface area contributed by atoms with Crippen molar-refractivity contribution in [2.45, 2.75) is 32.7 Å². The predicted octanol–water partition coefficient (Wildman–Crippen LogP) is 0.738. The van der Waals surface area contributed by atoms with Crippen LogP contribution in [0.15, 0.2) is 0 Å². The van der Waals surface area contributed by atoms with Gasteiger partial charge in [0, 0.05) is 14.1 Å². The Kier molecular flexibility index (Phi) is 7.54. The summed E-state index contributed by atoms with van der Waals surface area (Å²) in [6.07, 6.45) is 1.58. The number of rotatable bonds is 7. The highest BCUT2D eigenvalue weighted by Gasteiger charge is 2.25. The third-order valence-electron chi connectivity index (χ3n) is 2.54. The Balaban J connectivity index is 4.48. The number of likely N-dealkylation sites (N-methyl/N-ethyl adjacent to an activating group) is 2. The third kappa shape index (κ3) is 5.68. The van der Waals surface area contributed by atoms with E-state index in [0.29, 0.717) is 13.0 Å². The van der Waals surface area contributed by atoms with Crippen LogP contribution in [0.5, 0.6) is 0 Å². The lowest BCUT2D eigenvalue weighted by molar-refractivity contribution is -0.150. The summed E-state index contributed by atoms with van der Waals surface area (Å²) in [5, 5.41) is 0. The first-order valence-electron chi connectivity index (χ1n) is 6.01. The minimum atomic E-state index is -0.330. The minimum Gasteiger partial charge on any atom is -0.465 e. The summed E-state index contributed by atoms with van der Waals surface area (Å²) in [5.74, 6) is -0.263. The molecule has 100 valence electrons. The highest BCUT2D eigenvalue weighted by atomic mass is 16.5. The highest BCUT2D eigenvalue weighted by Crippen LogP contribution is 2.07. The fraction of sp³-hybridized carbons (Fsp3) is 0.833. The second-order valence-electron chi connectivity index (χ2n) is 4.26. The molecule has 0 aromatic heterocycles. The summed E-state index contributed by atoms with van der Waals surface area (Å²) >= 11 is 0. The van der Waals surface area contributed by atoms with Crippen LogP contribution in [0, 0.1) is 0 Å². The van der Waals surface area contributed by atoms with E-state index in [4.69, 9.17) is 4.74 Å². The summed E-state index contributed by atoms with van der Waals surface area (Å²) < 4.78 is 5.01. The molecule has 0 bridgehead atoms. The van der Waals surface area contributed by atoms with Crippen molar-refractivity contribution in [3.63, 3.8) is 0 Å². The van der Waals surface area contributed by atoms with Crippen LogP contribution in [0.1, 0.15) is 26.7 Å². The Morgan fingerprint density at radius 2 is 1.76 bits per heavy atom. The third-order valence-corrected chi connectivity index (χ3v) is 2.54. The average molecular weight is 244 g/mol. The molecular formula is C12H24N2O3. The molecule has 5 nitrogen and oxygen atoms in total. The molecule has 0 aliphatic carbocycles. The number of hydrogen-bond acceptors (Lipinski definition) is 4. The summed E-state index contributed by atoms with van der Waals surface area (Å²) in [5.41, 5.74) is 0. The lowest BCUT2D eigenvalue weighted by Gasteiger charge is -2.26. The molecule has 0 saturated heterocycles. The van der Waals surface area contributed by atoms with Crippen molar-refractivity contribution in [1.82, 2.24) is 9.80 Å². The normalized spacial score (nSPS) is 12.4. The predicted molar refractivity (Wildman–Crippen MR) is 66.7 cm³/mol. The molecule has 0 aromatic carbocycles. The number of nitrogens with zero attached hydrogens (tertiary/aromatic N) is 2. The molecule has 0 N–H and O–H groups in total. The van der Waals surface area contributed by atoms with Crippen molar-refractivity contribution in [2.24, 2.45) is 0 Å². The van der Waals surface area contributed by atoms with Gasteiger partial charge in [-0.1, -0.05) is 13.3 Å². The van der Waals surface area contributed by atoms with Gasteiger partial charge in [-0.15, -0.1) is 0 Å². The molecule has 0 heterocycles. The number of hydrogen-bond donors (Lipinski definition) is 0. The van der Waals surface area contributed by atoms with Gasteiger partial charge in [-0.2, -0.15) is 0 Å². The fourth-order valence-corrected chi connectivity index (χ4v) is 1.50. The van der Waals surface area contributed by atoms with Crippen molar-refractivity contribution in [3.8, 4) is 0 Å². The van der Waals surface area contributed by atoms with E-state index in [0.717, 1.165) is 6.42 Å². The minimum absolute atomic E-state index is 0.0158. The van der Waals surface area contributed by atoms with Crippen LogP contribution in [0.3, 0.4) is 0 Å². The molecule has 17 heavy (non-hydrogen) atoms. The smallest absolute Gasteiger partial charge is 0.323 e. The van der Waals surface area contributed by atoms with Crippen LogP contribution in [-0.4, -0.2) is 62.0 Å². The molecule has 0 aromatic rings. The van der Waals surface area contributed by atoms with Crippen molar-refractivity contribution < 1.29 is 14.3 Å². The van der Waals surface area contributed by atoms with Gasteiger partial charge in [0.15, 0.2) is 0 Å². The molecule has 0 radical (unpaired) electrons. The average Bonchev–Trinajstić information content (AvgIpc) is 2.25. The Morgan fingerprint density at radius 3 is 2.18 bits per heavy atom. The Morgan fingerprint density at radius 1 is 1.18 bits per heavy atom. The van der Waals surface area contributed by atoms with Crippen molar-refractivity contribution >= 4 is 11.9 Å². The van der Waals surface area contributed by atoms with Crippen LogP contribution in [-0.2, 0) is 14.3 Å². The number of carbonyl (C=O) groups excluding carboxylic acids is 2. The molecule has 0 fully saturated rings. The van der Waals surface area contributed by atoms with E-state index in [2.05, 4.69) is 0 Å². The molecule has 1 atom stereocenters. The maximum Gasteiger partial charge on any atom is 0.323 e. The van der Waals surface area contributed by atoms with E-state index in [1.165, 1.54) is 4.90 Å². The molecule has 0 rings (SSSR count). The van der Waals surface area contributed by atoms with Crippen LogP contribution in [0.4, 0.5) is 0 Å². The molecule has 5 heteroatoms. The first kappa shape index (κ1) is 15.9. The molecule has 1 unspecified atom stereocenters. The Bertz CT molecular complexity index is 254. The Hall–Kier alpha value is -1.10. The Labute approximate surface area is 104 Å². The first-order valence-corrected chi connectivity index (χ1v) is 6.01. The number of esters is 1. The van der Waals surface area contributed by atoms with Gasteiger partial charge in [-0.25, -0.2) is 0 Å². The van der Waals surface area contributed by atoms with E-state index in [9.17, 15) is 9.59 Å². The van der Waals surface area contributed by atoms with Gasteiger partial charge in [-0.05, 0) is 20.4 Å². The second kappa shape index (κ2) is 8.06. The molecule has 0 aliphatic rings. The van der Waals surface area contributed by atoms with Gasteiger partial charge in [0.1, 0.15) is 6.04 Å². The van der Waals surface area contributed by atoms with Gasteiger partial charge >= 0.3 is 5.97 Å². The lowest BCUT2D eigenvalue weighted by Crippen LogP contribution is -2.44. The topological polar surface area (TPSA) is 49.9 Å². The maximum atomic E-state index is 11.7. The van der Waals surface area contributed by atoms with Gasteiger partial charge < -0.3 is 9.64 Å².